The second-order valence-electron chi connectivity index (χ2n) is 5.49. The number of hydrogen-bond donors (Lipinski definition) is 2. The third kappa shape index (κ3) is 4.77. The third-order valence-electron chi connectivity index (χ3n) is 3.85. The standard InChI is InChI=1S/C16H26FN3O/c1-2-21-16-12-15(14(18)11-13(16)17)19-7-10-20-8-5-3-4-6-9-20/h11-12,19H,2-10,18H2,1H3. The molecule has 3 N–H and O–H groups in total. The Labute approximate surface area is 126 Å². The third-order valence-corrected chi connectivity index (χ3v) is 3.85. The van der Waals surface area contributed by atoms with Gasteiger partial charge in [0.25, 0.3) is 0 Å². The van der Waals surface area contributed by atoms with Crippen LogP contribution in [-0.2, 0) is 0 Å². The number of nitrogens with zero attached hydrogens (tertiary/aromatic N) is 1. The second-order valence-corrected chi connectivity index (χ2v) is 5.49. The van der Waals surface area contributed by atoms with E-state index in [0.29, 0.717) is 12.3 Å². The highest BCUT2D eigenvalue weighted by Gasteiger charge is 2.11. The lowest BCUT2D eigenvalue weighted by Gasteiger charge is -2.20. The van der Waals surface area contributed by atoms with Crippen molar-refractivity contribution < 1.29 is 9.13 Å². The second kappa shape index (κ2) is 8.08. The van der Waals surface area contributed by atoms with Crippen molar-refractivity contribution in [2.24, 2.45) is 0 Å². The molecule has 1 heterocycles. The van der Waals surface area contributed by atoms with Gasteiger partial charge in [-0.15, -0.1) is 0 Å². The van der Waals surface area contributed by atoms with Crippen molar-refractivity contribution in [2.45, 2.75) is 32.6 Å². The van der Waals surface area contributed by atoms with Crippen LogP contribution in [0.3, 0.4) is 0 Å². The number of anilines is 2. The molecular weight excluding hydrogens is 269 g/mol. The lowest BCUT2D eigenvalue weighted by atomic mass is 10.2. The molecule has 0 aliphatic carbocycles. The van der Waals surface area contributed by atoms with Gasteiger partial charge in [-0.25, -0.2) is 4.39 Å². The van der Waals surface area contributed by atoms with Crippen LogP contribution < -0.4 is 15.8 Å². The number of hydrogen-bond acceptors (Lipinski definition) is 4. The minimum Gasteiger partial charge on any atom is -0.491 e. The van der Waals surface area contributed by atoms with Crippen LogP contribution in [0.1, 0.15) is 32.6 Å². The fourth-order valence-electron chi connectivity index (χ4n) is 2.70. The topological polar surface area (TPSA) is 50.5 Å². The van der Waals surface area contributed by atoms with Gasteiger partial charge in [0, 0.05) is 25.2 Å². The van der Waals surface area contributed by atoms with Crippen LogP contribution in [0, 0.1) is 5.82 Å². The Bertz CT molecular complexity index is 445. The number of nitrogen functional groups attached to an aromatic ring is 1. The van der Waals surface area contributed by atoms with E-state index in [2.05, 4.69) is 10.2 Å². The van der Waals surface area contributed by atoms with Crippen molar-refractivity contribution in [1.82, 2.24) is 4.90 Å². The average Bonchev–Trinajstić information content (AvgIpc) is 2.72. The first-order valence-electron chi connectivity index (χ1n) is 7.88. The zero-order valence-electron chi connectivity index (χ0n) is 12.8. The highest BCUT2D eigenvalue weighted by Crippen LogP contribution is 2.28. The van der Waals surface area contributed by atoms with Gasteiger partial charge in [0.1, 0.15) is 0 Å². The van der Waals surface area contributed by atoms with Gasteiger partial charge >= 0.3 is 0 Å². The lowest BCUT2D eigenvalue weighted by Crippen LogP contribution is -2.30. The molecule has 1 aromatic rings. The number of halogens is 1. The van der Waals surface area contributed by atoms with Crippen molar-refractivity contribution in [3.8, 4) is 5.75 Å². The number of rotatable bonds is 6. The summed E-state index contributed by atoms with van der Waals surface area (Å²) in [5, 5.41) is 3.29. The van der Waals surface area contributed by atoms with Crippen LogP contribution in [0.4, 0.5) is 15.8 Å². The highest BCUT2D eigenvalue weighted by molar-refractivity contribution is 5.68. The fourth-order valence-corrected chi connectivity index (χ4v) is 2.70. The molecule has 118 valence electrons. The summed E-state index contributed by atoms with van der Waals surface area (Å²) in [6.45, 7) is 6.41. The van der Waals surface area contributed by atoms with Crippen molar-refractivity contribution >= 4 is 11.4 Å². The molecule has 4 nitrogen and oxygen atoms in total. The van der Waals surface area contributed by atoms with Gasteiger partial charge in [-0.3, -0.25) is 0 Å². The van der Waals surface area contributed by atoms with Crippen molar-refractivity contribution in [2.75, 3.05) is 43.8 Å². The highest BCUT2D eigenvalue weighted by atomic mass is 19.1. The molecule has 1 aromatic carbocycles. The zero-order chi connectivity index (χ0) is 15.1. The van der Waals surface area contributed by atoms with Gasteiger partial charge in [0.15, 0.2) is 11.6 Å². The van der Waals surface area contributed by atoms with E-state index in [0.717, 1.165) is 18.8 Å². The average molecular weight is 295 g/mol. The van der Waals surface area contributed by atoms with E-state index >= 15 is 0 Å². The van der Waals surface area contributed by atoms with Crippen molar-refractivity contribution in [3.05, 3.63) is 17.9 Å². The minimum absolute atomic E-state index is 0.254. The summed E-state index contributed by atoms with van der Waals surface area (Å²) < 4.78 is 18.9. The Kier molecular flexibility index (Phi) is 6.11. The summed E-state index contributed by atoms with van der Waals surface area (Å²) >= 11 is 0. The smallest absolute Gasteiger partial charge is 0.167 e. The number of ether oxygens (including phenoxy) is 1. The maximum Gasteiger partial charge on any atom is 0.167 e. The van der Waals surface area contributed by atoms with Crippen molar-refractivity contribution in [3.63, 3.8) is 0 Å². The summed E-state index contributed by atoms with van der Waals surface area (Å²) in [7, 11) is 0. The molecule has 0 spiro atoms. The number of likely N-dealkylation sites (tertiary alicyclic amines) is 1. The first-order chi connectivity index (χ1) is 10.2. The molecule has 0 radical (unpaired) electrons. The number of nitrogens with two attached hydrogens (primary N) is 1. The van der Waals surface area contributed by atoms with Crippen LogP contribution in [-0.4, -0.2) is 37.7 Å². The van der Waals surface area contributed by atoms with E-state index in [4.69, 9.17) is 10.5 Å². The lowest BCUT2D eigenvalue weighted by molar-refractivity contribution is 0.296. The Balaban J connectivity index is 1.88. The molecule has 0 unspecified atom stereocenters. The van der Waals surface area contributed by atoms with Crippen LogP contribution in [0.25, 0.3) is 0 Å². The van der Waals surface area contributed by atoms with Gasteiger partial charge in [-0.1, -0.05) is 12.8 Å². The molecule has 0 saturated carbocycles. The molecule has 21 heavy (non-hydrogen) atoms. The van der Waals surface area contributed by atoms with Gasteiger partial charge in [-0.05, 0) is 32.9 Å². The molecule has 1 aliphatic heterocycles. The van der Waals surface area contributed by atoms with Crippen LogP contribution in [0.2, 0.25) is 0 Å². The summed E-state index contributed by atoms with van der Waals surface area (Å²) in [4.78, 5) is 2.48. The van der Waals surface area contributed by atoms with Gasteiger partial charge < -0.3 is 20.7 Å². The SMILES string of the molecule is CCOc1cc(NCCN2CCCCCC2)c(N)cc1F. The van der Waals surface area contributed by atoms with E-state index in [1.165, 1.54) is 44.8 Å². The molecule has 0 bridgehead atoms. The quantitative estimate of drug-likeness (QED) is 0.792. The van der Waals surface area contributed by atoms with Crippen LogP contribution >= 0.6 is 0 Å². The zero-order valence-corrected chi connectivity index (χ0v) is 12.8. The van der Waals surface area contributed by atoms with Crippen molar-refractivity contribution in [1.29, 1.82) is 0 Å². The maximum absolute atomic E-state index is 13.6. The number of benzene rings is 1. The normalized spacial score (nSPS) is 16.5. The Morgan fingerprint density at radius 3 is 2.62 bits per heavy atom. The van der Waals surface area contributed by atoms with E-state index in [9.17, 15) is 4.39 Å². The van der Waals surface area contributed by atoms with Gasteiger partial charge in [0.05, 0.1) is 18.0 Å². The molecule has 0 amide bonds. The molecule has 1 fully saturated rings. The largest absolute Gasteiger partial charge is 0.491 e. The van der Waals surface area contributed by atoms with E-state index in [1.807, 2.05) is 6.92 Å². The number of nitrogens with one attached hydrogen (secondary N) is 1. The molecule has 5 heteroatoms. The van der Waals surface area contributed by atoms with Gasteiger partial charge in [0.2, 0.25) is 0 Å². The van der Waals surface area contributed by atoms with E-state index in [1.54, 1.807) is 6.07 Å². The molecule has 1 saturated heterocycles. The van der Waals surface area contributed by atoms with Crippen LogP contribution in [0.15, 0.2) is 12.1 Å². The Hall–Kier alpha value is -1.49. The Morgan fingerprint density at radius 1 is 1.24 bits per heavy atom. The summed E-state index contributed by atoms with van der Waals surface area (Å²) in [5.41, 5.74) is 7.03. The molecule has 0 atom stereocenters. The molecule has 2 rings (SSSR count). The van der Waals surface area contributed by atoms with Crippen LogP contribution in [0.5, 0.6) is 5.75 Å². The van der Waals surface area contributed by atoms with Gasteiger partial charge in [-0.2, -0.15) is 0 Å². The van der Waals surface area contributed by atoms with E-state index in [-0.39, 0.29) is 5.75 Å². The minimum atomic E-state index is -0.410. The first-order valence-corrected chi connectivity index (χ1v) is 7.88. The summed E-state index contributed by atoms with van der Waals surface area (Å²) in [6.07, 6.45) is 5.25. The predicted molar refractivity (Wildman–Crippen MR) is 85.4 cm³/mol. The Morgan fingerprint density at radius 2 is 1.95 bits per heavy atom. The monoisotopic (exact) mass is 295 g/mol. The summed E-state index contributed by atoms with van der Waals surface area (Å²) in [6, 6.07) is 2.97. The molecule has 1 aliphatic rings. The fraction of sp³-hybridized carbons (Fsp3) is 0.625. The predicted octanol–water partition coefficient (Wildman–Crippen LogP) is 3.09. The summed E-state index contributed by atoms with van der Waals surface area (Å²) in [5.74, 6) is -0.156. The first kappa shape index (κ1) is 15.9. The maximum atomic E-state index is 13.6. The molecule has 0 aromatic heterocycles. The van der Waals surface area contributed by atoms with E-state index < -0.39 is 5.82 Å². The molecular formula is C16H26FN3O.